The van der Waals surface area contributed by atoms with Crippen molar-refractivity contribution in [1.82, 2.24) is 5.32 Å². The molecule has 5 heteroatoms. The summed E-state index contributed by atoms with van der Waals surface area (Å²) in [5.41, 5.74) is 6.46. The van der Waals surface area contributed by atoms with Gasteiger partial charge in [0.15, 0.2) is 11.6 Å². The Labute approximate surface area is 120 Å². The molecule has 0 atom stereocenters. The fourth-order valence-corrected chi connectivity index (χ4v) is 2.16. The molecule has 0 saturated carbocycles. The van der Waals surface area contributed by atoms with E-state index in [0.29, 0.717) is 5.96 Å². The maximum atomic E-state index is 5.88. The highest BCUT2D eigenvalue weighted by Gasteiger charge is 2.25. The Hall–Kier alpha value is -2.04. The van der Waals surface area contributed by atoms with E-state index in [-0.39, 0.29) is 0 Å². The van der Waals surface area contributed by atoms with Crippen molar-refractivity contribution in [3.63, 3.8) is 0 Å². The smallest absolute Gasteiger partial charge is 0.207 e. The number of rotatable bonds is 4. The number of guanidine groups is 2. The lowest BCUT2D eigenvalue weighted by Gasteiger charge is -2.32. The molecule has 1 aromatic rings. The van der Waals surface area contributed by atoms with Crippen molar-refractivity contribution in [2.24, 2.45) is 15.7 Å². The van der Waals surface area contributed by atoms with Gasteiger partial charge in [0.2, 0.25) is 5.96 Å². The van der Waals surface area contributed by atoms with E-state index < -0.39 is 5.66 Å². The van der Waals surface area contributed by atoms with Gasteiger partial charge in [0.05, 0.1) is 0 Å². The topological polar surface area (TPSA) is 66.0 Å². The van der Waals surface area contributed by atoms with E-state index in [9.17, 15) is 0 Å². The van der Waals surface area contributed by atoms with Crippen LogP contribution in [0.2, 0.25) is 0 Å². The molecular formula is C15H23N5. The maximum Gasteiger partial charge on any atom is 0.207 e. The second kappa shape index (κ2) is 5.94. The van der Waals surface area contributed by atoms with Gasteiger partial charge in [-0.05, 0) is 32.4 Å². The van der Waals surface area contributed by atoms with E-state index in [1.54, 1.807) is 0 Å². The van der Waals surface area contributed by atoms with Gasteiger partial charge in [-0.2, -0.15) is 0 Å². The summed E-state index contributed by atoms with van der Waals surface area (Å²) in [5, 5.41) is 3.08. The molecule has 108 valence electrons. The third kappa shape index (κ3) is 3.50. The third-order valence-corrected chi connectivity index (χ3v) is 3.07. The number of aliphatic imine (C=N–C) groups is 2. The van der Waals surface area contributed by atoms with Crippen LogP contribution in [0.15, 0.2) is 40.3 Å². The second-order valence-corrected chi connectivity index (χ2v) is 5.39. The largest absolute Gasteiger partial charge is 0.370 e. The predicted octanol–water partition coefficient (Wildman–Crippen LogP) is 2.30. The summed E-state index contributed by atoms with van der Waals surface area (Å²) < 4.78 is 0. The molecule has 0 unspecified atom stereocenters. The van der Waals surface area contributed by atoms with Crippen LogP contribution >= 0.6 is 0 Å². The van der Waals surface area contributed by atoms with Crippen LogP contribution in [0.3, 0.4) is 0 Å². The Bertz CT molecular complexity index is 504. The molecule has 1 heterocycles. The van der Waals surface area contributed by atoms with E-state index in [4.69, 9.17) is 5.73 Å². The molecule has 0 fully saturated rings. The first-order valence-electron chi connectivity index (χ1n) is 7.06. The summed E-state index contributed by atoms with van der Waals surface area (Å²) in [5.74, 6) is 1.18. The molecule has 1 aliphatic rings. The average Bonchev–Trinajstić information content (AvgIpc) is 2.38. The van der Waals surface area contributed by atoms with Crippen LogP contribution in [-0.4, -0.2) is 24.1 Å². The fourth-order valence-electron chi connectivity index (χ4n) is 2.16. The van der Waals surface area contributed by atoms with Crippen molar-refractivity contribution in [3.05, 3.63) is 30.3 Å². The molecule has 5 nitrogen and oxygen atoms in total. The molecule has 1 aliphatic heterocycles. The van der Waals surface area contributed by atoms with Gasteiger partial charge in [-0.3, -0.25) is 5.32 Å². The molecule has 0 aromatic heterocycles. The number of unbranched alkanes of at least 4 members (excludes halogenated alkanes) is 1. The van der Waals surface area contributed by atoms with Gasteiger partial charge in [0.25, 0.3) is 0 Å². The Morgan fingerprint density at radius 3 is 2.50 bits per heavy atom. The molecule has 0 saturated heterocycles. The summed E-state index contributed by atoms with van der Waals surface area (Å²) in [6.45, 7) is 6.97. The van der Waals surface area contributed by atoms with Crippen molar-refractivity contribution in [3.8, 4) is 0 Å². The van der Waals surface area contributed by atoms with Crippen molar-refractivity contribution >= 4 is 17.6 Å². The Morgan fingerprint density at radius 2 is 1.90 bits per heavy atom. The number of hydrogen-bond donors (Lipinski definition) is 2. The van der Waals surface area contributed by atoms with Crippen LogP contribution < -0.4 is 16.0 Å². The standard InChI is InChI=1S/C15H23N5/c1-4-5-11-20(12-9-7-6-8-10-12)14-17-13(16)18-15(2,3)19-14/h6-10H,4-5,11H2,1-3H3,(H3,16,17,18,19). The number of para-hydroxylation sites is 1. The molecule has 0 aliphatic carbocycles. The van der Waals surface area contributed by atoms with E-state index >= 15 is 0 Å². The molecular weight excluding hydrogens is 250 g/mol. The highest BCUT2D eigenvalue weighted by Crippen LogP contribution is 2.19. The lowest BCUT2D eigenvalue weighted by Crippen LogP contribution is -2.52. The summed E-state index contributed by atoms with van der Waals surface area (Å²) in [6.07, 6.45) is 2.22. The lowest BCUT2D eigenvalue weighted by atomic mass is 10.2. The predicted molar refractivity (Wildman–Crippen MR) is 85.0 cm³/mol. The number of nitrogens with two attached hydrogens (primary N) is 1. The Morgan fingerprint density at radius 1 is 1.20 bits per heavy atom. The Kier molecular flexibility index (Phi) is 4.27. The molecule has 0 spiro atoms. The van der Waals surface area contributed by atoms with E-state index in [2.05, 4.69) is 39.3 Å². The van der Waals surface area contributed by atoms with Gasteiger partial charge in [-0.25, -0.2) is 9.98 Å². The van der Waals surface area contributed by atoms with Crippen LogP contribution in [0.25, 0.3) is 0 Å². The van der Waals surface area contributed by atoms with Crippen LogP contribution in [0.5, 0.6) is 0 Å². The van der Waals surface area contributed by atoms with Crippen molar-refractivity contribution in [2.45, 2.75) is 39.3 Å². The first kappa shape index (κ1) is 14.4. The van der Waals surface area contributed by atoms with Gasteiger partial charge >= 0.3 is 0 Å². The van der Waals surface area contributed by atoms with Gasteiger partial charge in [0.1, 0.15) is 0 Å². The highest BCUT2D eigenvalue weighted by molar-refractivity contribution is 6.07. The normalized spacial score (nSPS) is 16.9. The molecule has 0 bridgehead atoms. The van der Waals surface area contributed by atoms with Crippen molar-refractivity contribution < 1.29 is 0 Å². The summed E-state index contributed by atoms with van der Waals surface area (Å²) in [4.78, 5) is 11.1. The lowest BCUT2D eigenvalue weighted by molar-refractivity contribution is 0.537. The minimum absolute atomic E-state index is 0.414. The number of nitrogens with one attached hydrogen (secondary N) is 1. The molecule has 3 N–H and O–H groups in total. The van der Waals surface area contributed by atoms with E-state index in [1.807, 2.05) is 32.0 Å². The molecule has 0 amide bonds. The minimum atomic E-state index is -0.524. The Balaban J connectivity index is 2.30. The number of nitrogens with zero attached hydrogens (tertiary/aromatic N) is 3. The SMILES string of the molecule is CCCCN(C1=NC(C)(C)N=C(N)N1)c1ccccc1. The summed E-state index contributed by atoms with van der Waals surface area (Å²) in [7, 11) is 0. The zero-order valence-corrected chi connectivity index (χ0v) is 12.4. The first-order chi connectivity index (χ1) is 9.52. The van der Waals surface area contributed by atoms with Crippen molar-refractivity contribution in [2.75, 3.05) is 11.4 Å². The quantitative estimate of drug-likeness (QED) is 0.884. The van der Waals surface area contributed by atoms with Gasteiger partial charge < -0.3 is 10.6 Å². The fraction of sp³-hybridized carbons (Fsp3) is 0.467. The summed E-state index contributed by atoms with van der Waals surface area (Å²) >= 11 is 0. The van der Waals surface area contributed by atoms with Crippen LogP contribution in [0, 0.1) is 0 Å². The zero-order chi connectivity index (χ0) is 14.6. The minimum Gasteiger partial charge on any atom is -0.370 e. The summed E-state index contributed by atoms with van der Waals surface area (Å²) in [6, 6.07) is 10.2. The number of hydrogen-bond acceptors (Lipinski definition) is 5. The second-order valence-electron chi connectivity index (χ2n) is 5.39. The van der Waals surface area contributed by atoms with Crippen molar-refractivity contribution in [1.29, 1.82) is 0 Å². The average molecular weight is 273 g/mol. The molecule has 2 rings (SSSR count). The molecule has 1 aromatic carbocycles. The number of benzene rings is 1. The van der Waals surface area contributed by atoms with Crippen LogP contribution in [0.4, 0.5) is 5.69 Å². The van der Waals surface area contributed by atoms with E-state index in [0.717, 1.165) is 31.0 Å². The first-order valence-corrected chi connectivity index (χ1v) is 7.06. The zero-order valence-electron chi connectivity index (χ0n) is 12.4. The molecule has 0 radical (unpaired) electrons. The number of anilines is 1. The molecule has 20 heavy (non-hydrogen) atoms. The van der Waals surface area contributed by atoms with Crippen LogP contribution in [0.1, 0.15) is 33.6 Å². The van der Waals surface area contributed by atoms with E-state index in [1.165, 1.54) is 0 Å². The van der Waals surface area contributed by atoms with Gasteiger partial charge in [-0.15, -0.1) is 0 Å². The maximum absolute atomic E-state index is 5.88. The monoisotopic (exact) mass is 273 g/mol. The highest BCUT2D eigenvalue weighted by atomic mass is 15.4. The third-order valence-electron chi connectivity index (χ3n) is 3.07. The van der Waals surface area contributed by atoms with Gasteiger partial charge in [-0.1, -0.05) is 31.5 Å². The van der Waals surface area contributed by atoms with Gasteiger partial charge in [0, 0.05) is 12.2 Å². The van der Waals surface area contributed by atoms with Crippen LogP contribution in [-0.2, 0) is 0 Å².